The van der Waals surface area contributed by atoms with E-state index < -0.39 is 0 Å². The van der Waals surface area contributed by atoms with Crippen LogP contribution < -0.4 is 11.3 Å². The number of hydrogen-bond acceptors (Lipinski definition) is 4. The van der Waals surface area contributed by atoms with Crippen molar-refractivity contribution in [2.75, 3.05) is 13.2 Å². The van der Waals surface area contributed by atoms with Gasteiger partial charge >= 0.3 is 0 Å². The first-order valence-corrected chi connectivity index (χ1v) is 7.09. The first kappa shape index (κ1) is 14.5. The summed E-state index contributed by atoms with van der Waals surface area (Å²) in [5.41, 5.74) is 3.75. The van der Waals surface area contributed by atoms with Gasteiger partial charge in [0.2, 0.25) is 0 Å². The first-order chi connectivity index (χ1) is 9.15. The van der Waals surface area contributed by atoms with Crippen molar-refractivity contribution in [3.05, 3.63) is 33.8 Å². The van der Waals surface area contributed by atoms with Crippen LogP contribution in [-0.2, 0) is 6.54 Å². The van der Waals surface area contributed by atoms with Gasteiger partial charge < -0.3 is 5.11 Å². The summed E-state index contributed by atoms with van der Waals surface area (Å²) >= 11 is 3.48. The average molecular weight is 328 g/mol. The molecule has 2 rings (SSSR count). The molecular formula is C13H18BrN3O2. The minimum atomic E-state index is -0.304. The molecule has 1 aromatic carbocycles. The summed E-state index contributed by atoms with van der Waals surface area (Å²) in [7, 11) is 0. The quantitative estimate of drug-likeness (QED) is 0.414. The van der Waals surface area contributed by atoms with Crippen molar-refractivity contribution in [1.29, 1.82) is 0 Å². The smallest absolute Gasteiger partial charge is 0.265 e. The molecule has 0 heterocycles. The number of nitrogens with two attached hydrogens (primary N) is 1. The number of hydrazine groups is 1. The van der Waals surface area contributed by atoms with Crippen LogP contribution in [-0.4, -0.2) is 35.1 Å². The minimum Gasteiger partial charge on any atom is -0.395 e. The summed E-state index contributed by atoms with van der Waals surface area (Å²) in [6.45, 7) is 1.63. The lowest BCUT2D eigenvalue weighted by atomic mass is 10.1. The number of benzene rings is 1. The molecule has 0 aromatic heterocycles. The fourth-order valence-electron chi connectivity index (χ4n) is 2.08. The molecule has 0 bridgehead atoms. The van der Waals surface area contributed by atoms with Crippen LogP contribution in [0.15, 0.2) is 22.7 Å². The van der Waals surface area contributed by atoms with E-state index in [2.05, 4.69) is 26.3 Å². The molecule has 1 saturated carbocycles. The van der Waals surface area contributed by atoms with E-state index in [1.165, 1.54) is 12.8 Å². The largest absolute Gasteiger partial charge is 0.395 e. The average Bonchev–Trinajstić information content (AvgIpc) is 3.23. The van der Waals surface area contributed by atoms with Crippen molar-refractivity contribution in [2.45, 2.75) is 25.4 Å². The summed E-state index contributed by atoms with van der Waals surface area (Å²) in [4.78, 5) is 13.7. The van der Waals surface area contributed by atoms with Crippen LogP contribution in [0, 0.1) is 0 Å². The van der Waals surface area contributed by atoms with E-state index in [1.54, 1.807) is 12.1 Å². The van der Waals surface area contributed by atoms with E-state index in [0.29, 0.717) is 18.2 Å². The molecule has 1 amide bonds. The normalized spacial score (nSPS) is 14.7. The summed E-state index contributed by atoms with van der Waals surface area (Å²) in [5.74, 6) is 4.81. The lowest BCUT2D eigenvalue weighted by Crippen LogP contribution is -2.30. The molecule has 0 spiro atoms. The Morgan fingerprint density at radius 3 is 2.79 bits per heavy atom. The van der Waals surface area contributed by atoms with E-state index >= 15 is 0 Å². The van der Waals surface area contributed by atoms with Crippen LogP contribution in [0.2, 0.25) is 0 Å². The maximum Gasteiger partial charge on any atom is 0.265 e. The van der Waals surface area contributed by atoms with Crippen LogP contribution >= 0.6 is 15.9 Å². The summed E-state index contributed by atoms with van der Waals surface area (Å²) in [6.07, 6.45) is 2.40. The monoisotopic (exact) mass is 327 g/mol. The van der Waals surface area contributed by atoms with Gasteiger partial charge in [0.25, 0.3) is 5.91 Å². The number of rotatable bonds is 6. The molecule has 4 N–H and O–H groups in total. The van der Waals surface area contributed by atoms with Gasteiger partial charge in [0.05, 0.1) is 6.61 Å². The van der Waals surface area contributed by atoms with E-state index in [9.17, 15) is 4.79 Å². The second kappa shape index (κ2) is 6.47. The molecule has 0 radical (unpaired) electrons. The molecule has 1 aliphatic rings. The lowest BCUT2D eigenvalue weighted by Gasteiger charge is -2.21. The number of aliphatic hydroxyl groups excluding tert-OH is 1. The summed E-state index contributed by atoms with van der Waals surface area (Å²) in [6, 6.07) is 6.03. The van der Waals surface area contributed by atoms with Gasteiger partial charge in [0.1, 0.15) is 0 Å². The minimum absolute atomic E-state index is 0.168. The lowest BCUT2D eigenvalue weighted by molar-refractivity contribution is 0.0953. The van der Waals surface area contributed by atoms with Crippen molar-refractivity contribution in [3.63, 3.8) is 0 Å². The number of aliphatic hydroxyl groups is 1. The molecule has 1 aliphatic carbocycles. The van der Waals surface area contributed by atoms with Gasteiger partial charge in [-0.2, -0.15) is 0 Å². The van der Waals surface area contributed by atoms with Crippen molar-refractivity contribution in [1.82, 2.24) is 10.3 Å². The molecular weight excluding hydrogens is 310 g/mol. The second-order valence-electron chi connectivity index (χ2n) is 4.70. The van der Waals surface area contributed by atoms with Gasteiger partial charge in [-0.15, -0.1) is 0 Å². The van der Waals surface area contributed by atoms with Crippen LogP contribution in [0.5, 0.6) is 0 Å². The molecule has 1 fully saturated rings. The zero-order chi connectivity index (χ0) is 13.8. The summed E-state index contributed by atoms with van der Waals surface area (Å²) < 4.78 is 0.886. The zero-order valence-electron chi connectivity index (χ0n) is 10.6. The molecule has 5 nitrogen and oxygen atoms in total. The third-order valence-corrected chi connectivity index (χ3v) is 4.01. The highest BCUT2D eigenvalue weighted by Gasteiger charge is 2.28. The van der Waals surface area contributed by atoms with E-state index in [-0.39, 0.29) is 12.5 Å². The first-order valence-electron chi connectivity index (χ1n) is 6.30. The van der Waals surface area contributed by atoms with Crippen molar-refractivity contribution >= 4 is 21.8 Å². The zero-order valence-corrected chi connectivity index (χ0v) is 12.2. The number of nitrogens with one attached hydrogen (secondary N) is 1. The second-order valence-corrected chi connectivity index (χ2v) is 5.56. The van der Waals surface area contributed by atoms with E-state index in [0.717, 1.165) is 16.6 Å². The Balaban J connectivity index is 2.09. The molecule has 0 saturated heterocycles. The molecule has 0 atom stereocenters. The highest BCUT2D eigenvalue weighted by atomic mass is 79.9. The molecule has 1 aromatic rings. The Morgan fingerprint density at radius 1 is 1.53 bits per heavy atom. The number of carbonyl (C=O) groups excluding carboxylic acids is 1. The van der Waals surface area contributed by atoms with E-state index in [1.807, 2.05) is 6.07 Å². The number of halogens is 1. The number of carbonyl (C=O) groups is 1. The standard InChI is InChI=1S/C13H18BrN3O2/c14-12-7-9(13(19)16-15)1-2-10(12)8-17(5-6-18)11-3-4-11/h1-2,7,11,18H,3-6,8,15H2,(H,16,19). The Kier molecular flexibility index (Phi) is 4.93. The molecule has 6 heteroatoms. The van der Waals surface area contributed by atoms with Crippen LogP contribution in [0.1, 0.15) is 28.8 Å². The maximum absolute atomic E-state index is 11.4. The highest BCUT2D eigenvalue weighted by molar-refractivity contribution is 9.10. The van der Waals surface area contributed by atoms with Crippen molar-refractivity contribution in [2.24, 2.45) is 5.84 Å². The topological polar surface area (TPSA) is 78.6 Å². The van der Waals surface area contributed by atoms with Gasteiger partial charge in [-0.05, 0) is 30.5 Å². The number of nitrogens with zero attached hydrogens (tertiary/aromatic N) is 1. The third-order valence-electron chi connectivity index (χ3n) is 3.27. The molecule has 104 valence electrons. The number of nitrogen functional groups attached to an aromatic ring is 1. The Bertz CT molecular complexity index is 463. The molecule has 19 heavy (non-hydrogen) atoms. The third kappa shape index (κ3) is 3.76. The van der Waals surface area contributed by atoms with Crippen LogP contribution in [0.4, 0.5) is 0 Å². The Labute approximate surface area is 120 Å². The van der Waals surface area contributed by atoms with Gasteiger partial charge in [0.15, 0.2) is 0 Å². The number of hydrogen-bond donors (Lipinski definition) is 3. The highest BCUT2D eigenvalue weighted by Crippen LogP contribution is 2.29. The predicted octanol–water partition coefficient (Wildman–Crippen LogP) is 1.01. The van der Waals surface area contributed by atoms with Gasteiger partial charge in [-0.1, -0.05) is 22.0 Å². The Morgan fingerprint density at radius 2 is 2.26 bits per heavy atom. The summed E-state index contributed by atoms with van der Waals surface area (Å²) in [5, 5.41) is 9.09. The fourth-order valence-corrected chi connectivity index (χ4v) is 2.58. The fraction of sp³-hybridized carbons (Fsp3) is 0.462. The molecule has 0 unspecified atom stereocenters. The van der Waals surface area contributed by atoms with Crippen LogP contribution in [0.25, 0.3) is 0 Å². The molecule has 0 aliphatic heterocycles. The number of amides is 1. The SMILES string of the molecule is NNC(=O)c1ccc(CN(CCO)C2CC2)c(Br)c1. The Hall–Kier alpha value is -0.950. The van der Waals surface area contributed by atoms with Crippen LogP contribution in [0.3, 0.4) is 0 Å². The van der Waals surface area contributed by atoms with Gasteiger partial charge in [-0.3, -0.25) is 15.1 Å². The van der Waals surface area contributed by atoms with E-state index in [4.69, 9.17) is 10.9 Å². The van der Waals surface area contributed by atoms with Crippen molar-refractivity contribution in [3.8, 4) is 0 Å². The van der Waals surface area contributed by atoms with Gasteiger partial charge in [-0.25, -0.2) is 5.84 Å². The maximum atomic E-state index is 11.4. The van der Waals surface area contributed by atoms with Crippen molar-refractivity contribution < 1.29 is 9.90 Å². The predicted molar refractivity (Wildman–Crippen MR) is 76.3 cm³/mol. The van der Waals surface area contributed by atoms with Gasteiger partial charge in [0, 0.05) is 29.2 Å².